The quantitative estimate of drug-likeness (QED) is 0.149. The van der Waals surface area contributed by atoms with Gasteiger partial charge in [-0.15, -0.1) is 0 Å². The Bertz CT molecular complexity index is 2050. The van der Waals surface area contributed by atoms with Crippen molar-refractivity contribution in [2.75, 3.05) is 0 Å². The van der Waals surface area contributed by atoms with Crippen molar-refractivity contribution in [1.82, 2.24) is 0 Å². The molecule has 0 N–H and O–H groups in total. The van der Waals surface area contributed by atoms with Crippen molar-refractivity contribution in [2.24, 2.45) is 92.7 Å². The standard InChI is InChI=1S/C56H78F6O12/c1-27-9-15-45(65)71-42-24-32-22-34(70-30(4)64)18-20-52(32,6)40-26-44(74-50(68)56(60,61)62)54(8)36(12-14-38(54)48(40)42)28(2)10-16-46(66)72-41-23-31-21-33(69-29(3)63)17-19-51(31,5)39-25-43(73-49(67)55(57,58)59)53(7)35(27)11-13-37(53)47(39)41/h27-28,31-44,47-48H,9-26H2,1-8H3/t27-,28-,31+,32+,33-,34-,35-,36-,37+,38+,39+,40+,41-,42-,43+,44+,47+,48+,51+,52+,53-,54-/m1/s1. The monoisotopic (exact) mass is 1060 g/mol. The Hall–Kier alpha value is -3.60. The molecule has 8 aliphatic carbocycles. The molecule has 22 atom stereocenters. The summed E-state index contributed by atoms with van der Waals surface area (Å²) in [6.07, 6.45) is -7.78. The van der Waals surface area contributed by atoms with Crippen LogP contribution in [0.5, 0.6) is 0 Å². The van der Waals surface area contributed by atoms with E-state index in [0.29, 0.717) is 89.9 Å². The van der Waals surface area contributed by atoms with Gasteiger partial charge < -0.3 is 28.4 Å². The van der Waals surface area contributed by atoms with Crippen LogP contribution < -0.4 is 0 Å². The van der Waals surface area contributed by atoms with Crippen molar-refractivity contribution < 1.29 is 83.5 Å². The van der Waals surface area contributed by atoms with E-state index >= 15 is 0 Å². The number of carbonyl (C=O) groups is 6. The first-order valence-electron chi connectivity index (χ1n) is 27.8. The Morgan fingerprint density at radius 1 is 0.486 bits per heavy atom. The Balaban J connectivity index is 1.10. The molecular weight excluding hydrogens is 979 g/mol. The molecule has 9 fully saturated rings. The maximum atomic E-state index is 14.6. The number of ether oxygens (including phenoxy) is 6. The topological polar surface area (TPSA) is 158 Å². The molecule has 0 spiro atoms. The average molecular weight is 1060 g/mol. The minimum atomic E-state index is -5.25. The molecule has 12 nitrogen and oxygen atoms in total. The third-order valence-corrected chi connectivity index (χ3v) is 22.7. The van der Waals surface area contributed by atoms with Crippen LogP contribution in [-0.2, 0) is 57.2 Å². The van der Waals surface area contributed by atoms with Crippen LogP contribution in [0.15, 0.2) is 0 Å². The van der Waals surface area contributed by atoms with E-state index in [1.54, 1.807) is 0 Å². The molecule has 1 saturated heterocycles. The molecular formula is C56H78F6O12. The van der Waals surface area contributed by atoms with E-state index < -0.39 is 106 Å². The zero-order chi connectivity index (χ0) is 53.8. The SMILES string of the molecule is CC(=O)O[C@@H]1CC[C@@]2(C)[C@@H](C1)C[C@H]1OC(=O)CC[C@@H](C)[C@H]3CC[C@H]4[C@@H]5[C@@H](C[C@@H]6C[C@H](OC(C)=O)CC[C@]6(C)[C@H]5C[C@H](OC(=O)C(F)(F)F)[C@]34C)OC(=O)CC[C@@H](C)[C@H]3CC[C@H]4[C@H]1[C@@H]2C[C@H](OC(=O)C(F)(F)F)[C@]34C. The highest BCUT2D eigenvalue weighted by molar-refractivity contribution is 5.76. The van der Waals surface area contributed by atoms with Crippen LogP contribution in [-0.4, -0.2) is 84.8 Å². The third-order valence-electron chi connectivity index (χ3n) is 22.7. The predicted molar refractivity (Wildman–Crippen MR) is 251 cm³/mol. The molecule has 0 amide bonds. The van der Waals surface area contributed by atoms with Gasteiger partial charge in [-0.05, 0) is 173 Å². The molecule has 0 radical (unpaired) electrons. The highest BCUT2D eigenvalue weighted by Crippen LogP contribution is 2.72. The van der Waals surface area contributed by atoms with Gasteiger partial charge in [-0.3, -0.25) is 19.2 Å². The van der Waals surface area contributed by atoms with Gasteiger partial charge in [0.15, 0.2) is 0 Å². The number of halogens is 6. The van der Waals surface area contributed by atoms with E-state index in [4.69, 9.17) is 28.4 Å². The summed E-state index contributed by atoms with van der Waals surface area (Å²) in [4.78, 5) is 79.5. The Morgan fingerprint density at radius 2 is 0.838 bits per heavy atom. The summed E-state index contributed by atoms with van der Waals surface area (Å²) in [5.41, 5.74) is -2.97. The molecule has 1 heterocycles. The summed E-state index contributed by atoms with van der Waals surface area (Å²) in [6.45, 7) is 14.8. The second-order valence-electron chi connectivity index (χ2n) is 25.9. The molecule has 18 heteroatoms. The summed E-state index contributed by atoms with van der Waals surface area (Å²) >= 11 is 0. The summed E-state index contributed by atoms with van der Waals surface area (Å²) in [6, 6.07) is 0. The van der Waals surface area contributed by atoms with Crippen LogP contribution in [0.1, 0.15) is 171 Å². The molecule has 416 valence electrons. The fraction of sp³-hybridized carbons (Fsp3) is 0.893. The van der Waals surface area contributed by atoms with Gasteiger partial charge in [0.05, 0.1) is 0 Å². The maximum absolute atomic E-state index is 14.6. The van der Waals surface area contributed by atoms with Crippen LogP contribution in [0.2, 0.25) is 0 Å². The normalized spacial score (nSPS) is 47.3. The van der Waals surface area contributed by atoms with Gasteiger partial charge in [0.2, 0.25) is 0 Å². The van der Waals surface area contributed by atoms with Crippen molar-refractivity contribution in [3.8, 4) is 0 Å². The molecule has 0 aromatic rings. The number of alkyl halides is 6. The number of hydrogen-bond acceptors (Lipinski definition) is 12. The van der Waals surface area contributed by atoms with Gasteiger partial charge in [0, 0.05) is 49.4 Å². The largest absolute Gasteiger partial charge is 0.490 e. The Labute approximate surface area is 430 Å². The summed E-state index contributed by atoms with van der Waals surface area (Å²) in [7, 11) is 0. The van der Waals surface area contributed by atoms with Crippen molar-refractivity contribution in [3.63, 3.8) is 0 Å². The van der Waals surface area contributed by atoms with Crippen molar-refractivity contribution >= 4 is 35.8 Å². The smallest absolute Gasteiger partial charge is 0.463 e. The lowest BCUT2D eigenvalue weighted by atomic mass is 9.43. The summed E-state index contributed by atoms with van der Waals surface area (Å²) in [5, 5.41) is 0. The van der Waals surface area contributed by atoms with Crippen LogP contribution in [0, 0.1) is 92.7 Å². The molecule has 74 heavy (non-hydrogen) atoms. The second kappa shape index (κ2) is 19.7. The molecule has 0 unspecified atom stereocenters. The number of rotatable bonds is 4. The Morgan fingerprint density at radius 3 is 1.18 bits per heavy atom. The molecule has 0 aromatic heterocycles. The molecule has 0 aromatic carbocycles. The van der Waals surface area contributed by atoms with Crippen molar-refractivity contribution in [3.05, 3.63) is 0 Å². The lowest BCUT2D eigenvalue weighted by Crippen LogP contribution is -2.64. The summed E-state index contributed by atoms with van der Waals surface area (Å²) < 4.78 is 122. The van der Waals surface area contributed by atoms with Gasteiger partial charge >= 0.3 is 48.2 Å². The molecule has 9 aliphatic rings. The molecule has 1 aliphatic heterocycles. The van der Waals surface area contributed by atoms with Crippen molar-refractivity contribution in [2.45, 2.75) is 220 Å². The average Bonchev–Trinajstić information content (AvgIpc) is 3.85. The lowest BCUT2D eigenvalue weighted by Gasteiger charge is -2.64. The van der Waals surface area contributed by atoms with E-state index in [2.05, 4.69) is 13.8 Å². The molecule has 9 rings (SSSR count). The van der Waals surface area contributed by atoms with Gasteiger partial charge in [-0.2, -0.15) is 26.3 Å². The van der Waals surface area contributed by atoms with Gasteiger partial charge in [0.1, 0.15) is 36.6 Å². The van der Waals surface area contributed by atoms with E-state index in [-0.39, 0.29) is 96.7 Å². The first kappa shape index (κ1) is 55.2. The fourth-order valence-electron chi connectivity index (χ4n) is 19.3. The number of esters is 6. The fourth-order valence-corrected chi connectivity index (χ4v) is 19.3. The number of fused-ring (bicyclic) bond motifs is 4. The van der Waals surface area contributed by atoms with E-state index in [9.17, 15) is 55.1 Å². The van der Waals surface area contributed by atoms with Gasteiger partial charge in [0.25, 0.3) is 0 Å². The van der Waals surface area contributed by atoms with E-state index in [1.165, 1.54) is 13.8 Å². The van der Waals surface area contributed by atoms with Crippen LogP contribution in [0.25, 0.3) is 0 Å². The number of hydrogen-bond donors (Lipinski definition) is 0. The first-order valence-corrected chi connectivity index (χ1v) is 27.8. The van der Waals surface area contributed by atoms with Crippen molar-refractivity contribution in [1.29, 1.82) is 0 Å². The zero-order valence-electron chi connectivity index (χ0n) is 44.3. The zero-order valence-corrected chi connectivity index (χ0v) is 44.3. The minimum Gasteiger partial charge on any atom is -0.463 e. The van der Waals surface area contributed by atoms with Gasteiger partial charge in [-0.1, -0.05) is 41.5 Å². The van der Waals surface area contributed by atoms with Crippen LogP contribution >= 0.6 is 0 Å². The maximum Gasteiger partial charge on any atom is 0.490 e. The molecule has 8 saturated carbocycles. The van der Waals surface area contributed by atoms with E-state index in [1.807, 2.05) is 27.7 Å². The predicted octanol–water partition coefficient (Wildman–Crippen LogP) is 11.2. The van der Waals surface area contributed by atoms with Crippen LogP contribution in [0.3, 0.4) is 0 Å². The first-order chi connectivity index (χ1) is 34.5. The highest BCUT2D eigenvalue weighted by atomic mass is 19.4. The van der Waals surface area contributed by atoms with E-state index in [0.717, 1.165) is 0 Å². The number of carbonyl (C=O) groups excluding carboxylic acids is 6. The second-order valence-corrected chi connectivity index (χ2v) is 25.9. The molecule has 8 bridgehead atoms. The lowest BCUT2D eigenvalue weighted by molar-refractivity contribution is -0.243. The van der Waals surface area contributed by atoms with Gasteiger partial charge in [-0.25, -0.2) is 9.59 Å². The van der Waals surface area contributed by atoms with Crippen LogP contribution in [0.4, 0.5) is 26.3 Å². The highest BCUT2D eigenvalue weighted by Gasteiger charge is 2.71. The third kappa shape index (κ3) is 9.55. The minimum absolute atomic E-state index is 0.0275. The Kier molecular flexibility index (Phi) is 14.7. The summed E-state index contributed by atoms with van der Waals surface area (Å²) in [5.74, 6) is -9.67.